The van der Waals surface area contributed by atoms with Gasteiger partial charge in [-0.1, -0.05) is 31.2 Å². The Labute approximate surface area is 169 Å². The summed E-state index contributed by atoms with van der Waals surface area (Å²) in [5, 5.41) is 3.08. The summed E-state index contributed by atoms with van der Waals surface area (Å²) in [5.74, 6) is 0. The van der Waals surface area contributed by atoms with Crippen molar-refractivity contribution in [1.82, 2.24) is 9.97 Å². The van der Waals surface area contributed by atoms with E-state index in [-0.39, 0.29) is 0 Å². The molecule has 146 valence electrons. The second-order valence-corrected chi connectivity index (χ2v) is 5.89. The summed E-state index contributed by atoms with van der Waals surface area (Å²) in [6, 6.07) is 14.6. The Kier molecular flexibility index (Phi) is 10.6. The van der Waals surface area contributed by atoms with E-state index in [4.69, 9.17) is 0 Å². The van der Waals surface area contributed by atoms with Crippen LogP contribution in [0.5, 0.6) is 0 Å². The molecule has 0 aliphatic carbocycles. The van der Waals surface area contributed by atoms with Crippen LogP contribution in [0.25, 0.3) is 17.2 Å². The number of anilines is 1. The minimum atomic E-state index is 1.05. The van der Waals surface area contributed by atoms with E-state index < -0.39 is 0 Å². The third-order valence-corrected chi connectivity index (χ3v) is 4.16. The fourth-order valence-corrected chi connectivity index (χ4v) is 2.65. The number of hydrogen-bond acceptors (Lipinski definition) is 3. The average Bonchev–Trinajstić information content (AvgIpc) is 2.78. The van der Waals surface area contributed by atoms with Crippen LogP contribution in [0.15, 0.2) is 80.3 Å². The lowest BCUT2D eigenvalue weighted by Crippen LogP contribution is -1.90. The number of pyridine rings is 2. The SMILES string of the molecule is C/C=C\c1c(-c2ccncc2)ccnc1C.C=C.CCc1ccc(NC)cc1. The van der Waals surface area contributed by atoms with Gasteiger partial charge in [0.1, 0.15) is 0 Å². The summed E-state index contributed by atoms with van der Waals surface area (Å²) in [6.45, 7) is 12.2. The molecule has 3 aromatic rings. The summed E-state index contributed by atoms with van der Waals surface area (Å²) >= 11 is 0. The normalized spacial score (nSPS) is 9.71. The molecule has 0 aliphatic heterocycles. The van der Waals surface area contributed by atoms with Gasteiger partial charge in [0.2, 0.25) is 0 Å². The molecule has 0 atom stereocenters. The second kappa shape index (κ2) is 13.0. The Morgan fingerprint density at radius 1 is 0.964 bits per heavy atom. The summed E-state index contributed by atoms with van der Waals surface area (Å²) in [7, 11) is 1.93. The fourth-order valence-electron chi connectivity index (χ4n) is 2.65. The highest BCUT2D eigenvalue weighted by atomic mass is 14.8. The zero-order chi connectivity index (χ0) is 20.8. The lowest BCUT2D eigenvalue weighted by atomic mass is 10.00. The Morgan fingerprint density at radius 3 is 2.14 bits per heavy atom. The van der Waals surface area contributed by atoms with Gasteiger partial charge in [0, 0.05) is 42.6 Å². The highest BCUT2D eigenvalue weighted by Gasteiger charge is 2.05. The lowest BCUT2D eigenvalue weighted by Gasteiger charge is -2.08. The molecule has 1 aromatic carbocycles. The van der Waals surface area contributed by atoms with Crippen molar-refractivity contribution in [3.05, 3.63) is 97.1 Å². The van der Waals surface area contributed by atoms with Gasteiger partial charge >= 0.3 is 0 Å². The second-order valence-electron chi connectivity index (χ2n) is 5.89. The number of aryl methyl sites for hydroxylation is 2. The molecule has 0 unspecified atom stereocenters. The molecule has 0 amide bonds. The van der Waals surface area contributed by atoms with Crippen LogP contribution in [-0.4, -0.2) is 17.0 Å². The van der Waals surface area contributed by atoms with E-state index in [1.807, 2.05) is 63.8 Å². The van der Waals surface area contributed by atoms with E-state index in [2.05, 4.69) is 65.7 Å². The van der Waals surface area contributed by atoms with Crippen LogP contribution >= 0.6 is 0 Å². The van der Waals surface area contributed by atoms with Gasteiger partial charge in [0.15, 0.2) is 0 Å². The zero-order valence-corrected chi connectivity index (χ0v) is 17.4. The predicted molar refractivity (Wildman–Crippen MR) is 124 cm³/mol. The van der Waals surface area contributed by atoms with Gasteiger partial charge in [0.05, 0.1) is 0 Å². The van der Waals surface area contributed by atoms with Crippen LogP contribution in [0.1, 0.15) is 30.7 Å². The minimum Gasteiger partial charge on any atom is -0.388 e. The van der Waals surface area contributed by atoms with Crippen molar-refractivity contribution in [2.45, 2.75) is 27.2 Å². The third-order valence-electron chi connectivity index (χ3n) is 4.16. The molecular weight excluding hydrogens is 342 g/mol. The molecule has 0 aliphatic rings. The molecule has 1 N–H and O–H groups in total. The van der Waals surface area contributed by atoms with Crippen LogP contribution in [0.3, 0.4) is 0 Å². The molecule has 3 heteroatoms. The van der Waals surface area contributed by atoms with Crippen molar-refractivity contribution in [2.24, 2.45) is 0 Å². The molecule has 0 fully saturated rings. The van der Waals surface area contributed by atoms with E-state index in [0.29, 0.717) is 0 Å². The molecule has 0 radical (unpaired) electrons. The quantitative estimate of drug-likeness (QED) is 0.525. The topological polar surface area (TPSA) is 37.8 Å². The van der Waals surface area contributed by atoms with Crippen molar-refractivity contribution in [2.75, 3.05) is 12.4 Å². The van der Waals surface area contributed by atoms with Crippen molar-refractivity contribution in [3.8, 4) is 11.1 Å². The first-order chi connectivity index (χ1) is 13.7. The van der Waals surface area contributed by atoms with Gasteiger partial charge in [-0.3, -0.25) is 9.97 Å². The molecule has 0 bridgehead atoms. The van der Waals surface area contributed by atoms with Gasteiger partial charge in [-0.2, -0.15) is 0 Å². The monoisotopic (exact) mass is 373 g/mol. The van der Waals surface area contributed by atoms with Crippen molar-refractivity contribution < 1.29 is 0 Å². The number of nitrogens with zero attached hydrogens (tertiary/aromatic N) is 2. The van der Waals surface area contributed by atoms with Gasteiger partial charge < -0.3 is 5.32 Å². The number of nitrogens with one attached hydrogen (secondary N) is 1. The number of hydrogen-bond donors (Lipinski definition) is 1. The lowest BCUT2D eigenvalue weighted by molar-refractivity contribution is 1.14. The number of aromatic nitrogens is 2. The van der Waals surface area contributed by atoms with E-state index in [9.17, 15) is 0 Å². The van der Waals surface area contributed by atoms with E-state index in [1.165, 1.54) is 27.9 Å². The Morgan fingerprint density at radius 2 is 1.61 bits per heavy atom. The zero-order valence-electron chi connectivity index (χ0n) is 17.4. The van der Waals surface area contributed by atoms with Crippen LogP contribution in [-0.2, 0) is 6.42 Å². The van der Waals surface area contributed by atoms with E-state index >= 15 is 0 Å². The maximum atomic E-state index is 4.32. The first kappa shape index (κ1) is 22.8. The first-order valence-electron chi connectivity index (χ1n) is 9.45. The van der Waals surface area contributed by atoms with E-state index in [1.54, 1.807) is 0 Å². The van der Waals surface area contributed by atoms with Gasteiger partial charge in [-0.25, -0.2) is 0 Å². The summed E-state index contributed by atoms with van der Waals surface area (Å²) in [4.78, 5) is 8.35. The molecule has 28 heavy (non-hydrogen) atoms. The molecule has 3 nitrogen and oxygen atoms in total. The molecule has 0 saturated heterocycles. The third kappa shape index (κ3) is 6.84. The summed E-state index contributed by atoms with van der Waals surface area (Å²) < 4.78 is 0. The maximum absolute atomic E-state index is 4.32. The van der Waals surface area contributed by atoms with Crippen LogP contribution in [0.4, 0.5) is 5.69 Å². The van der Waals surface area contributed by atoms with Gasteiger partial charge in [-0.05, 0) is 67.3 Å². The Balaban J connectivity index is 0.000000281. The standard InChI is InChI=1S/C14H14N2.C9H13N.C2H4/c1-3-4-13-11(2)16-10-7-14(13)12-5-8-15-9-6-12;1-3-8-4-6-9(10-2)7-5-8;1-2/h3-10H,1-2H3;4-7,10H,3H2,1-2H3;1-2H2/b4-3-;;. The summed E-state index contributed by atoms with van der Waals surface area (Å²) in [5.41, 5.74) is 7.17. The van der Waals surface area contributed by atoms with Gasteiger partial charge in [-0.15, -0.1) is 13.2 Å². The van der Waals surface area contributed by atoms with Gasteiger partial charge in [0.25, 0.3) is 0 Å². The molecule has 3 rings (SSSR count). The minimum absolute atomic E-state index is 1.05. The van der Waals surface area contributed by atoms with Crippen LogP contribution < -0.4 is 5.32 Å². The number of benzene rings is 1. The van der Waals surface area contributed by atoms with Crippen molar-refractivity contribution in [3.63, 3.8) is 0 Å². The van der Waals surface area contributed by atoms with Crippen molar-refractivity contribution in [1.29, 1.82) is 0 Å². The molecule has 2 heterocycles. The predicted octanol–water partition coefficient (Wildman–Crippen LogP) is 6.58. The maximum Gasteiger partial charge on any atom is 0.0451 e. The molecule has 0 saturated carbocycles. The summed E-state index contributed by atoms with van der Waals surface area (Å²) in [6.07, 6.45) is 10.7. The number of allylic oxidation sites excluding steroid dienone is 1. The van der Waals surface area contributed by atoms with Crippen LogP contribution in [0.2, 0.25) is 0 Å². The fraction of sp³-hybridized carbons (Fsp3) is 0.200. The molecule has 2 aromatic heterocycles. The van der Waals surface area contributed by atoms with E-state index in [0.717, 1.165) is 12.1 Å². The number of rotatable bonds is 4. The Hall–Kier alpha value is -3.20. The molecule has 0 spiro atoms. The average molecular weight is 374 g/mol. The smallest absolute Gasteiger partial charge is 0.0451 e. The van der Waals surface area contributed by atoms with Crippen molar-refractivity contribution >= 4 is 11.8 Å². The van der Waals surface area contributed by atoms with Crippen LogP contribution in [0, 0.1) is 6.92 Å². The highest BCUT2D eigenvalue weighted by Crippen LogP contribution is 2.25. The highest BCUT2D eigenvalue weighted by molar-refractivity contribution is 5.75. The largest absolute Gasteiger partial charge is 0.388 e. The Bertz CT molecular complexity index is 814. The first-order valence-corrected chi connectivity index (χ1v) is 9.45. The molecular formula is C25H31N3.